The van der Waals surface area contributed by atoms with Crippen LogP contribution in [0.3, 0.4) is 0 Å². The van der Waals surface area contributed by atoms with Crippen LogP contribution in [0.15, 0.2) is 0 Å². The summed E-state index contributed by atoms with van der Waals surface area (Å²) in [5.74, 6) is -0.166. The molecule has 0 aliphatic carbocycles. The standard InChI is InChI=1S/C10H19NO3/c1-4-14-10(12)9-7-13-6-5-11(9)8(2)3/h8-9H,4-7H2,1-3H3. The number of hydrogen-bond donors (Lipinski definition) is 0. The van der Waals surface area contributed by atoms with Crippen LogP contribution in [0, 0.1) is 0 Å². The Morgan fingerprint density at radius 3 is 2.93 bits per heavy atom. The summed E-state index contributed by atoms with van der Waals surface area (Å²) < 4.78 is 10.3. The number of morpholine rings is 1. The van der Waals surface area contributed by atoms with Crippen molar-refractivity contribution in [3.63, 3.8) is 0 Å². The fourth-order valence-corrected chi connectivity index (χ4v) is 1.68. The van der Waals surface area contributed by atoms with Gasteiger partial charge in [-0.1, -0.05) is 0 Å². The lowest BCUT2D eigenvalue weighted by atomic mass is 10.2. The highest BCUT2D eigenvalue weighted by Gasteiger charge is 2.31. The third-order valence-electron chi connectivity index (χ3n) is 2.39. The van der Waals surface area contributed by atoms with E-state index in [2.05, 4.69) is 18.7 Å². The Bertz CT molecular complexity index is 194. The van der Waals surface area contributed by atoms with Crippen LogP contribution in [0.2, 0.25) is 0 Å². The van der Waals surface area contributed by atoms with Gasteiger partial charge in [0.15, 0.2) is 0 Å². The molecular formula is C10H19NO3. The number of hydrogen-bond acceptors (Lipinski definition) is 4. The second-order valence-corrected chi connectivity index (χ2v) is 3.67. The van der Waals surface area contributed by atoms with Crippen molar-refractivity contribution in [3.05, 3.63) is 0 Å². The number of carbonyl (C=O) groups excluding carboxylic acids is 1. The van der Waals surface area contributed by atoms with Gasteiger partial charge >= 0.3 is 5.97 Å². The van der Waals surface area contributed by atoms with Crippen molar-refractivity contribution in [1.82, 2.24) is 4.90 Å². The molecular weight excluding hydrogens is 182 g/mol. The zero-order valence-corrected chi connectivity index (χ0v) is 9.16. The summed E-state index contributed by atoms with van der Waals surface area (Å²) in [6.07, 6.45) is 0. The Hall–Kier alpha value is -0.610. The van der Waals surface area contributed by atoms with Gasteiger partial charge in [0.1, 0.15) is 6.04 Å². The van der Waals surface area contributed by atoms with Crippen LogP contribution in [0.1, 0.15) is 20.8 Å². The van der Waals surface area contributed by atoms with E-state index in [0.29, 0.717) is 25.9 Å². The van der Waals surface area contributed by atoms with Gasteiger partial charge in [-0.25, -0.2) is 0 Å². The van der Waals surface area contributed by atoms with Crippen molar-refractivity contribution in [1.29, 1.82) is 0 Å². The van der Waals surface area contributed by atoms with Gasteiger partial charge in [-0.2, -0.15) is 0 Å². The molecule has 1 aliphatic heterocycles. The molecule has 0 bridgehead atoms. The lowest BCUT2D eigenvalue weighted by Gasteiger charge is -2.36. The van der Waals surface area contributed by atoms with Crippen molar-refractivity contribution in [2.75, 3.05) is 26.4 Å². The zero-order chi connectivity index (χ0) is 10.6. The molecule has 1 saturated heterocycles. The minimum absolute atomic E-state index is 0.166. The molecule has 1 rings (SSSR count). The van der Waals surface area contributed by atoms with Crippen LogP contribution < -0.4 is 0 Å². The lowest BCUT2D eigenvalue weighted by molar-refractivity contribution is -0.157. The minimum Gasteiger partial charge on any atom is -0.465 e. The maximum atomic E-state index is 11.6. The van der Waals surface area contributed by atoms with Crippen LogP contribution in [0.5, 0.6) is 0 Å². The molecule has 0 spiro atoms. The molecule has 0 aromatic heterocycles. The first-order valence-electron chi connectivity index (χ1n) is 5.17. The van der Waals surface area contributed by atoms with Gasteiger partial charge in [0.25, 0.3) is 0 Å². The Morgan fingerprint density at radius 1 is 1.64 bits per heavy atom. The van der Waals surface area contributed by atoms with Crippen molar-refractivity contribution in [3.8, 4) is 0 Å². The van der Waals surface area contributed by atoms with E-state index in [9.17, 15) is 4.79 Å². The van der Waals surface area contributed by atoms with E-state index in [0.717, 1.165) is 6.54 Å². The number of esters is 1. The Labute approximate surface area is 85.2 Å². The van der Waals surface area contributed by atoms with Crippen LogP contribution in [0.4, 0.5) is 0 Å². The second-order valence-electron chi connectivity index (χ2n) is 3.67. The summed E-state index contributed by atoms with van der Waals surface area (Å²) in [4.78, 5) is 13.7. The van der Waals surface area contributed by atoms with E-state index in [1.165, 1.54) is 0 Å². The average Bonchev–Trinajstić information content (AvgIpc) is 2.18. The predicted molar refractivity (Wildman–Crippen MR) is 53.1 cm³/mol. The van der Waals surface area contributed by atoms with Gasteiger partial charge in [-0.3, -0.25) is 9.69 Å². The smallest absolute Gasteiger partial charge is 0.325 e. The summed E-state index contributed by atoms with van der Waals surface area (Å²) in [5, 5.41) is 0. The van der Waals surface area contributed by atoms with Gasteiger partial charge in [0.2, 0.25) is 0 Å². The molecule has 1 unspecified atom stereocenters. The maximum absolute atomic E-state index is 11.6. The molecule has 1 fully saturated rings. The van der Waals surface area contributed by atoms with E-state index in [1.54, 1.807) is 0 Å². The molecule has 1 aliphatic rings. The summed E-state index contributed by atoms with van der Waals surface area (Å²) >= 11 is 0. The molecule has 0 radical (unpaired) electrons. The van der Waals surface area contributed by atoms with Gasteiger partial charge in [-0.15, -0.1) is 0 Å². The fourth-order valence-electron chi connectivity index (χ4n) is 1.68. The molecule has 0 amide bonds. The molecule has 4 heteroatoms. The van der Waals surface area contributed by atoms with E-state index in [1.807, 2.05) is 6.92 Å². The van der Waals surface area contributed by atoms with E-state index in [-0.39, 0.29) is 12.0 Å². The summed E-state index contributed by atoms with van der Waals surface area (Å²) in [6.45, 7) is 8.38. The number of rotatable bonds is 3. The molecule has 1 atom stereocenters. The van der Waals surface area contributed by atoms with Crippen LogP contribution >= 0.6 is 0 Å². The Kier molecular flexibility index (Phi) is 4.35. The molecule has 0 N–H and O–H groups in total. The third-order valence-corrected chi connectivity index (χ3v) is 2.39. The highest BCUT2D eigenvalue weighted by Crippen LogP contribution is 2.12. The Morgan fingerprint density at radius 2 is 2.36 bits per heavy atom. The molecule has 4 nitrogen and oxygen atoms in total. The van der Waals surface area contributed by atoms with Crippen LogP contribution in [0.25, 0.3) is 0 Å². The largest absolute Gasteiger partial charge is 0.465 e. The fraction of sp³-hybridized carbons (Fsp3) is 0.900. The first-order valence-corrected chi connectivity index (χ1v) is 5.17. The Balaban J connectivity index is 2.57. The molecule has 0 aromatic carbocycles. The zero-order valence-electron chi connectivity index (χ0n) is 9.16. The third kappa shape index (κ3) is 2.69. The van der Waals surface area contributed by atoms with Crippen LogP contribution in [-0.4, -0.2) is 49.3 Å². The first-order chi connectivity index (χ1) is 6.66. The molecule has 82 valence electrons. The van der Waals surface area contributed by atoms with E-state index >= 15 is 0 Å². The van der Waals surface area contributed by atoms with Gasteiger partial charge in [0.05, 0.1) is 19.8 Å². The number of nitrogens with zero attached hydrogens (tertiary/aromatic N) is 1. The number of carbonyl (C=O) groups is 1. The van der Waals surface area contributed by atoms with E-state index < -0.39 is 0 Å². The highest BCUT2D eigenvalue weighted by atomic mass is 16.5. The normalized spacial score (nSPS) is 23.9. The quantitative estimate of drug-likeness (QED) is 0.629. The summed E-state index contributed by atoms with van der Waals surface area (Å²) in [7, 11) is 0. The van der Waals surface area contributed by atoms with E-state index in [4.69, 9.17) is 9.47 Å². The van der Waals surface area contributed by atoms with Crippen molar-refractivity contribution in [2.45, 2.75) is 32.9 Å². The lowest BCUT2D eigenvalue weighted by Crippen LogP contribution is -2.53. The monoisotopic (exact) mass is 201 g/mol. The maximum Gasteiger partial charge on any atom is 0.325 e. The topological polar surface area (TPSA) is 38.8 Å². The predicted octanol–water partition coefficient (Wildman–Crippen LogP) is 0.659. The van der Waals surface area contributed by atoms with Crippen molar-refractivity contribution < 1.29 is 14.3 Å². The van der Waals surface area contributed by atoms with Crippen molar-refractivity contribution in [2.24, 2.45) is 0 Å². The summed E-state index contributed by atoms with van der Waals surface area (Å²) in [5.41, 5.74) is 0. The average molecular weight is 201 g/mol. The van der Waals surface area contributed by atoms with Crippen LogP contribution in [-0.2, 0) is 14.3 Å². The molecule has 14 heavy (non-hydrogen) atoms. The van der Waals surface area contributed by atoms with Gasteiger partial charge < -0.3 is 9.47 Å². The molecule has 0 saturated carbocycles. The first kappa shape index (κ1) is 11.5. The molecule has 1 heterocycles. The molecule has 0 aromatic rings. The summed E-state index contributed by atoms with van der Waals surface area (Å²) in [6, 6.07) is 0.136. The minimum atomic E-state index is -0.219. The van der Waals surface area contributed by atoms with Crippen molar-refractivity contribution >= 4 is 5.97 Å². The second kappa shape index (κ2) is 5.32. The highest BCUT2D eigenvalue weighted by molar-refractivity contribution is 5.76. The SMILES string of the molecule is CCOC(=O)C1COCCN1C(C)C. The van der Waals surface area contributed by atoms with Gasteiger partial charge in [-0.05, 0) is 20.8 Å². The number of ether oxygens (including phenoxy) is 2. The van der Waals surface area contributed by atoms with Gasteiger partial charge in [0, 0.05) is 12.6 Å².